The van der Waals surface area contributed by atoms with Crippen LogP contribution in [0.15, 0.2) is 38.9 Å². The Morgan fingerprint density at radius 1 is 1.31 bits per heavy atom. The Labute approximate surface area is 151 Å². The standard InChI is InChI=1S/C17H15N3O5S/c1-24-9-3-2-8-4-10(17(23)25-13(8)5-9)12-7-26-16(20-12)11(15(19)22)6-14(18)21/h2-5,7,11H,6H2,1H3,(H2,18,21)(H2,19,22). The molecule has 0 radical (unpaired) electrons. The average Bonchev–Trinajstić information content (AvgIpc) is 3.07. The number of aromatic nitrogens is 1. The number of hydrogen-bond donors (Lipinski definition) is 2. The molecule has 2 aromatic heterocycles. The van der Waals surface area contributed by atoms with Crippen LogP contribution in [0.4, 0.5) is 0 Å². The predicted octanol–water partition coefficient (Wildman–Crippen LogP) is 1.37. The average molecular weight is 373 g/mol. The highest BCUT2D eigenvalue weighted by molar-refractivity contribution is 7.10. The van der Waals surface area contributed by atoms with Crippen molar-refractivity contribution in [1.82, 2.24) is 4.98 Å². The predicted molar refractivity (Wildman–Crippen MR) is 95.9 cm³/mol. The molecule has 0 saturated carbocycles. The minimum atomic E-state index is -0.928. The molecule has 1 aromatic carbocycles. The molecule has 2 heterocycles. The van der Waals surface area contributed by atoms with Gasteiger partial charge in [-0.25, -0.2) is 9.78 Å². The van der Waals surface area contributed by atoms with Crippen LogP contribution in [0.1, 0.15) is 17.3 Å². The molecule has 0 spiro atoms. The molecule has 1 unspecified atom stereocenters. The van der Waals surface area contributed by atoms with Crippen LogP contribution < -0.4 is 21.8 Å². The minimum absolute atomic E-state index is 0.242. The molecule has 9 heteroatoms. The van der Waals surface area contributed by atoms with E-state index < -0.39 is 23.4 Å². The summed E-state index contributed by atoms with van der Waals surface area (Å²) >= 11 is 1.12. The first-order valence-corrected chi connectivity index (χ1v) is 8.42. The van der Waals surface area contributed by atoms with Gasteiger partial charge in [-0.3, -0.25) is 9.59 Å². The van der Waals surface area contributed by atoms with Gasteiger partial charge in [0, 0.05) is 23.3 Å². The molecule has 0 saturated heterocycles. The molecule has 0 fully saturated rings. The first kappa shape index (κ1) is 17.6. The second-order valence-electron chi connectivity index (χ2n) is 5.55. The normalized spacial score (nSPS) is 12.0. The first-order valence-electron chi connectivity index (χ1n) is 7.54. The van der Waals surface area contributed by atoms with Crippen LogP contribution in [-0.4, -0.2) is 23.9 Å². The number of carbonyl (C=O) groups excluding carboxylic acids is 2. The fraction of sp³-hybridized carbons (Fsp3) is 0.176. The fourth-order valence-electron chi connectivity index (χ4n) is 2.48. The molecule has 0 aliphatic rings. The number of thiazole rings is 1. The van der Waals surface area contributed by atoms with Crippen molar-refractivity contribution in [3.05, 3.63) is 45.1 Å². The van der Waals surface area contributed by atoms with E-state index in [1.54, 1.807) is 29.6 Å². The summed E-state index contributed by atoms with van der Waals surface area (Å²) in [6.07, 6.45) is -0.242. The lowest BCUT2D eigenvalue weighted by atomic mass is 10.1. The van der Waals surface area contributed by atoms with E-state index in [1.165, 1.54) is 7.11 Å². The highest BCUT2D eigenvalue weighted by Crippen LogP contribution is 2.29. The van der Waals surface area contributed by atoms with Crippen molar-refractivity contribution in [2.45, 2.75) is 12.3 Å². The Hall–Kier alpha value is -3.20. The summed E-state index contributed by atoms with van der Waals surface area (Å²) in [5.74, 6) is -1.73. The Morgan fingerprint density at radius 2 is 2.08 bits per heavy atom. The molecule has 0 aliphatic carbocycles. The maximum atomic E-state index is 12.3. The van der Waals surface area contributed by atoms with E-state index in [4.69, 9.17) is 20.6 Å². The SMILES string of the molecule is COc1ccc2cc(-c3csc(C(CC(N)=O)C(N)=O)n3)c(=O)oc2c1. The van der Waals surface area contributed by atoms with Crippen LogP contribution in [0.25, 0.3) is 22.2 Å². The quantitative estimate of drug-likeness (QED) is 0.626. The first-order chi connectivity index (χ1) is 12.4. The lowest BCUT2D eigenvalue weighted by Gasteiger charge is -2.07. The molecule has 0 bridgehead atoms. The maximum Gasteiger partial charge on any atom is 0.345 e. The molecular formula is C17H15N3O5S. The van der Waals surface area contributed by atoms with Crippen LogP contribution in [0.2, 0.25) is 0 Å². The van der Waals surface area contributed by atoms with Gasteiger partial charge >= 0.3 is 5.63 Å². The fourth-order valence-corrected chi connectivity index (χ4v) is 3.41. The molecule has 134 valence electrons. The number of hydrogen-bond acceptors (Lipinski definition) is 7. The zero-order valence-corrected chi connectivity index (χ0v) is 14.5. The summed E-state index contributed by atoms with van der Waals surface area (Å²) in [6.45, 7) is 0. The van der Waals surface area contributed by atoms with Crippen molar-refractivity contribution < 1.29 is 18.7 Å². The number of carbonyl (C=O) groups is 2. The molecule has 2 amide bonds. The van der Waals surface area contributed by atoms with E-state index in [0.717, 1.165) is 11.3 Å². The van der Waals surface area contributed by atoms with Gasteiger partial charge in [0.1, 0.15) is 16.3 Å². The van der Waals surface area contributed by atoms with E-state index in [0.29, 0.717) is 27.4 Å². The van der Waals surface area contributed by atoms with E-state index in [-0.39, 0.29) is 12.0 Å². The Morgan fingerprint density at radius 3 is 2.73 bits per heavy atom. The summed E-state index contributed by atoms with van der Waals surface area (Å²) in [5, 5.41) is 2.62. The molecule has 3 aromatic rings. The summed E-state index contributed by atoms with van der Waals surface area (Å²) in [7, 11) is 1.52. The number of amides is 2. The second-order valence-corrected chi connectivity index (χ2v) is 6.44. The highest BCUT2D eigenvalue weighted by Gasteiger charge is 2.24. The van der Waals surface area contributed by atoms with Gasteiger partial charge in [-0.2, -0.15) is 0 Å². The van der Waals surface area contributed by atoms with Gasteiger partial charge in [0.05, 0.1) is 24.3 Å². The van der Waals surface area contributed by atoms with Crippen molar-refractivity contribution in [3.8, 4) is 17.0 Å². The largest absolute Gasteiger partial charge is 0.497 e. The topological polar surface area (TPSA) is 139 Å². The third-order valence-electron chi connectivity index (χ3n) is 3.79. The van der Waals surface area contributed by atoms with Crippen LogP contribution in [0.5, 0.6) is 5.75 Å². The number of primary amides is 2. The summed E-state index contributed by atoms with van der Waals surface area (Å²) in [4.78, 5) is 39.3. The van der Waals surface area contributed by atoms with E-state index in [9.17, 15) is 14.4 Å². The smallest absolute Gasteiger partial charge is 0.345 e. The molecule has 0 aliphatic heterocycles. The third-order valence-corrected chi connectivity index (χ3v) is 4.75. The van der Waals surface area contributed by atoms with Crippen molar-refractivity contribution in [2.75, 3.05) is 7.11 Å². The number of nitrogens with two attached hydrogens (primary N) is 2. The van der Waals surface area contributed by atoms with Crippen molar-refractivity contribution in [3.63, 3.8) is 0 Å². The minimum Gasteiger partial charge on any atom is -0.497 e. The third kappa shape index (κ3) is 3.42. The lowest BCUT2D eigenvalue weighted by Crippen LogP contribution is -2.26. The molecular weight excluding hydrogens is 358 g/mol. The van der Waals surface area contributed by atoms with Gasteiger partial charge < -0.3 is 20.6 Å². The summed E-state index contributed by atoms with van der Waals surface area (Å²) < 4.78 is 10.4. The maximum absolute atomic E-state index is 12.3. The number of methoxy groups -OCH3 is 1. The molecule has 8 nitrogen and oxygen atoms in total. The van der Waals surface area contributed by atoms with Gasteiger partial charge in [-0.15, -0.1) is 11.3 Å². The van der Waals surface area contributed by atoms with Gasteiger partial charge in [0.15, 0.2) is 0 Å². The van der Waals surface area contributed by atoms with Gasteiger partial charge in [-0.1, -0.05) is 0 Å². The van der Waals surface area contributed by atoms with Crippen LogP contribution in [-0.2, 0) is 9.59 Å². The zero-order valence-electron chi connectivity index (χ0n) is 13.7. The summed E-state index contributed by atoms with van der Waals surface area (Å²) in [5.41, 5.74) is 10.9. The second kappa shape index (κ2) is 6.96. The van der Waals surface area contributed by atoms with E-state index in [1.807, 2.05) is 0 Å². The zero-order chi connectivity index (χ0) is 18.8. The molecule has 4 N–H and O–H groups in total. The van der Waals surface area contributed by atoms with Crippen molar-refractivity contribution in [2.24, 2.45) is 11.5 Å². The monoisotopic (exact) mass is 373 g/mol. The van der Waals surface area contributed by atoms with Crippen molar-refractivity contribution in [1.29, 1.82) is 0 Å². The van der Waals surface area contributed by atoms with E-state index in [2.05, 4.69) is 4.98 Å². The number of rotatable bonds is 6. The van der Waals surface area contributed by atoms with E-state index >= 15 is 0 Å². The van der Waals surface area contributed by atoms with Crippen LogP contribution in [0.3, 0.4) is 0 Å². The van der Waals surface area contributed by atoms with Gasteiger partial charge in [-0.05, 0) is 18.2 Å². The number of fused-ring (bicyclic) bond motifs is 1. The Kier molecular flexibility index (Phi) is 4.72. The van der Waals surface area contributed by atoms with Gasteiger partial charge in [0.2, 0.25) is 11.8 Å². The number of benzene rings is 1. The number of ether oxygens (including phenoxy) is 1. The molecule has 1 atom stereocenters. The van der Waals surface area contributed by atoms with Crippen LogP contribution in [0, 0.1) is 0 Å². The molecule has 3 rings (SSSR count). The van der Waals surface area contributed by atoms with Crippen LogP contribution >= 0.6 is 11.3 Å². The van der Waals surface area contributed by atoms with Crippen molar-refractivity contribution >= 4 is 34.1 Å². The highest BCUT2D eigenvalue weighted by atomic mass is 32.1. The number of nitrogens with zero attached hydrogens (tertiary/aromatic N) is 1. The Balaban J connectivity index is 2.03. The lowest BCUT2D eigenvalue weighted by molar-refractivity contribution is -0.124. The molecule has 26 heavy (non-hydrogen) atoms. The Bertz CT molecular complexity index is 1060. The van der Waals surface area contributed by atoms with Gasteiger partial charge in [0.25, 0.3) is 0 Å². The summed E-state index contributed by atoms with van der Waals surface area (Å²) in [6, 6.07) is 6.76.